The summed E-state index contributed by atoms with van der Waals surface area (Å²) in [7, 11) is 1.84. The average molecular weight is 296 g/mol. The molecule has 0 amide bonds. The normalized spacial score (nSPS) is 20.0. The molecular weight excluding hydrogens is 271 g/mol. The highest BCUT2D eigenvalue weighted by molar-refractivity contribution is 5.29. The minimum absolute atomic E-state index is 0.00228. The summed E-state index contributed by atoms with van der Waals surface area (Å²) in [6, 6.07) is 5.56. The molecule has 1 aromatic carbocycles. The molecule has 1 aliphatic rings. The van der Waals surface area contributed by atoms with Crippen LogP contribution in [-0.4, -0.2) is 50.4 Å². The van der Waals surface area contributed by atoms with Gasteiger partial charge in [0.05, 0.1) is 6.61 Å². The Morgan fingerprint density at radius 2 is 2.29 bits per heavy atom. The molecule has 4 nitrogen and oxygen atoms in total. The third-order valence-corrected chi connectivity index (χ3v) is 3.70. The molecule has 0 radical (unpaired) electrons. The van der Waals surface area contributed by atoms with Crippen LogP contribution >= 0.6 is 0 Å². The largest absolute Gasteiger partial charge is 0.488 e. The predicted octanol–water partition coefficient (Wildman–Crippen LogP) is 2.03. The number of nitrogens with zero attached hydrogens (tertiary/aromatic N) is 1. The van der Waals surface area contributed by atoms with Crippen LogP contribution in [0.4, 0.5) is 4.39 Å². The lowest BCUT2D eigenvalue weighted by Gasteiger charge is -2.35. The summed E-state index contributed by atoms with van der Waals surface area (Å²) in [6.07, 6.45) is -0.00228. The van der Waals surface area contributed by atoms with Gasteiger partial charge in [-0.3, -0.25) is 4.90 Å². The molecular formula is C16H25FN2O2. The summed E-state index contributed by atoms with van der Waals surface area (Å²) in [5.41, 5.74) is 0.905. The Hall–Kier alpha value is -1.17. The van der Waals surface area contributed by atoms with E-state index in [1.807, 2.05) is 13.1 Å². The lowest BCUT2D eigenvalue weighted by atomic mass is 10.2. The van der Waals surface area contributed by atoms with E-state index < -0.39 is 0 Å². The topological polar surface area (TPSA) is 33.7 Å². The molecule has 21 heavy (non-hydrogen) atoms. The second-order valence-electron chi connectivity index (χ2n) is 5.69. The van der Waals surface area contributed by atoms with E-state index in [-0.39, 0.29) is 11.9 Å². The van der Waals surface area contributed by atoms with Crippen molar-refractivity contribution in [3.63, 3.8) is 0 Å². The number of rotatable bonds is 6. The Bertz CT molecular complexity index is 454. The summed E-state index contributed by atoms with van der Waals surface area (Å²) in [4.78, 5) is 2.35. The van der Waals surface area contributed by atoms with E-state index in [2.05, 4.69) is 24.1 Å². The van der Waals surface area contributed by atoms with Crippen LogP contribution < -0.4 is 10.1 Å². The van der Waals surface area contributed by atoms with Crippen LogP contribution in [0.5, 0.6) is 5.75 Å². The van der Waals surface area contributed by atoms with Crippen LogP contribution in [0.2, 0.25) is 0 Å². The monoisotopic (exact) mass is 296 g/mol. The van der Waals surface area contributed by atoms with E-state index in [0.717, 1.165) is 18.7 Å². The van der Waals surface area contributed by atoms with Crippen LogP contribution in [-0.2, 0) is 11.3 Å². The number of ether oxygens (including phenoxy) is 2. The number of benzene rings is 1. The molecule has 0 spiro atoms. The van der Waals surface area contributed by atoms with Gasteiger partial charge in [-0.2, -0.15) is 0 Å². The fraction of sp³-hybridized carbons (Fsp3) is 0.625. The summed E-state index contributed by atoms with van der Waals surface area (Å²) in [6.45, 7) is 7.85. The Labute approximate surface area is 126 Å². The van der Waals surface area contributed by atoms with Crippen molar-refractivity contribution in [1.29, 1.82) is 0 Å². The maximum atomic E-state index is 13.9. The fourth-order valence-electron chi connectivity index (χ4n) is 2.47. The van der Waals surface area contributed by atoms with Crippen molar-refractivity contribution in [3.05, 3.63) is 29.6 Å². The van der Waals surface area contributed by atoms with Gasteiger partial charge in [-0.1, -0.05) is 6.07 Å². The van der Waals surface area contributed by atoms with E-state index in [1.54, 1.807) is 6.07 Å². The van der Waals surface area contributed by atoms with Crippen molar-refractivity contribution in [2.45, 2.75) is 32.5 Å². The Morgan fingerprint density at radius 1 is 1.48 bits per heavy atom. The van der Waals surface area contributed by atoms with Gasteiger partial charge in [0.25, 0.3) is 0 Å². The minimum Gasteiger partial charge on any atom is -0.488 e. The minimum atomic E-state index is -0.320. The molecule has 1 fully saturated rings. The second-order valence-corrected chi connectivity index (χ2v) is 5.69. The maximum Gasteiger partial charge on any atom is 0.165 e. The standard InChI is InChI=1S/C16H25FN2O2/c1-12(2)19-6-7-20-14(10-19)11-21-16-5-4-13(9-18-3)8-15(16)17/h4-5,8,12,14,18H,6-7,9-11H2,1-3H3. The summed E-state index contributed by atoms with van der Waals surface area (Å²) < 4.78 is 25.2. The zero-order chi connectivity index (χ0) is 15.2. The third kappa shape index (κ3) is 4.66. The number of halogens is 1. The van der Waals surface area contributed by atoms with E-state index in [9.17, 15) is 4.39 Å². The zero-order valence-electron chi connectivity index (χ0n) is 13.1. The predicted molar refractivity (Wildman–Crippen MR) is 81.1 cm³/mol. The van der Waals surface area contributed by atoms with Crippen LogP contribution in [0.15, 0.2) is 18.2 Å². The van der Waals surface area contributed by atoms with Crippen LogP contribution in [0.25, 0.3) is 0 Å². The maximum absolute atomic E-state index is 13.9. The van der Waals surface area contributed by atoms with Gasteiger partial charge in [0.2, 0.25) is 0 Å². The molecule has 2 rings (SSSR count). The molecule has 0 saturated carbocycles. The molecule has 1 N–H and O–H groups in total. The fourth-order valence-corrected chi connectivity index (χ4v) is 2.47. The van der Waals surface area contributed by atoms with Crippen LogP contribution in [0.3, 0.4) is 0 Å². The van der Waals surface area contributed by atoms with Crippen LogP contribution in [0.1, 0.15) is 19.4 Å². The smallest absolute Gasteiger partial charge is 0.165 e. The molecule has 5 heteroatoms. The SMILES string of the molecule is CNCc1ccc(OCC2CN(C(C)C)CCO2)c(F)c1. The number of hydrogen-bond donors (Lipinski definition) is 1. The molecule has 0 bridgehead atoms. The van der Waals surface area contributed by atoms with E-state index in [0.29, 0.717) is 31.5 Å². The van der Waals surface area contributed by atoms with Gasteiger partial charge in [0, 0.05) is 25.7 Å². The number of hydrogen-bond acceptors (Lipinski definition) is 4. The van der Waals surface area contributed by atoms with Gasteiger partial charge in [-0.25, -0.2) is 4.39 Å². The van der Waals surface area contributed by atoms with Crippen molar-refractivity contribution < 1.29 is 13.9 Å². The number of morpholine rings is 1. The molecule has 0 aromatic heterocycles. The van der Waals surface area contributed by atoms with Gasteiger partial charge >= 0.3 is 0 Å². The molecule has 1 atom stereocenters. The van der Waals surface area contributed by atoms with Gasteiger partial charge in [0.15, 0.2) is 11.6 Å². The van der Waals surface area contributed by atoms with E-state index in [4.69, 9.17) is 9.47 Å². The highest BCUT2D eigenvalue weighted by Crippen LogP contribution is 2.19. The van der Waals surface area contributed by atoms with E-state index in [1.165, 1.54) is 6.07 Å². The Morgan fingerprint density at radius 3 is 2.95 bits per heavy atom. The lowest BCUT2D eigenvalue weighted by molar-refractivity contribution is -0.0568. The van der Waals surface area contributed by atoms with Crippen molar-refractivity contribution in [2.75, 3.05) is 33.4 Å². The Balaban J connectivity index is 1.87. The molecule has 1 unspecified atom stereocenters. The molecule has 1 aliphatic heterocycles. The second kappa shape index (κ2) is 7.73. The van der Waals surface area contributed by atoms with Crippen molar-refractivity contribution in [2.24, 2.45) is 0 Å². The first-order valence-electron chi connectivity index (χ1n) is 7.51. The first-order valence-corrected chi connectivity index (χ1v) is 7.51. The molecule has 0 aliphatic carbocycles. The van der Waals surface area contributed by atoms with Crippen molar-refractivity contribution >= 4 is 0 Å². The summed E-state index contributed by atoms with van der Waals surface area (Å²) >= 11 is 0. The van der Waals surface area contributed by atoms with Gasteiger partial charge in [-0.15, -0.1) is 0 Å². The van der Waals surface area contributed by atoms with Crippen LogP contribution in [0, 0.1) is 5.82 Å². The van der Waals surface area contributed by atoms with Gasteiger partial charge < -0.3 is 14.8 Å². The molecule has 1 saturated heterocycles. The zero-order valence-corrected chi connectivity index (χ0v) is 13.1. The first kappa shape index (κ1) is 16.2. The summed E-state index contributed by atoms with van der Waals surface area (Å²) in [5.74, 6) is -0.0283. The van der Waals surface area contributed by atoms with Gasteiger partial charge in [-0.05, 0) is 38.6 Å². The highest BCUT2D eigenvalue weighted by Gasteiger charge is 2.23. The van der Waals surface area contributed by atoms with E-state index >= 15 is 0 Å². The highest BCUT2D eigenvalue weighted by atomic mass is 19.1. The third-order valence-electron chi connectivity index (χ3n) is 3.70. The average Bonchev–Trinajstić information content (AvgIpc) is 2.47. The molecule has 1 heterocycles. The first-order chi connectivity index (χ1) is 10.1. The quantitative estimate of drug-likeness (QED) is 0.871. The molecule has 118 valence electrons. The number of nitrogens with one attached hydrogen (secondary N) is 1. The molecule has 1 aromatic rings. The van der Waals surface area contributed by atoms with Crippen molar-refractivity contribution in [3.8, 4) is 5.75 Å². The van der Waals surface area contributed by atoms with Crippen molar-refractivity contribution in [1.82, 2.24) is 10.2 Å². The lowest BCUT2D eigenvalue weighted by Crippen LogP contribution is -2.47. The van der Waals surface area contributed by atoms with Gasteiger partial charge in [0.1, 0.15) is 12.7 Å². The summed E-state index contributed by atoms with van der Waals surface area (Å²) in [5, 5.41) is 3.00. The Kier molecular flexibility index (Phi) is 5.96.